The average Bonchev–Trinajstić information content (AvgIpc) is 2.68. The van der Waals surface area contributed by atoms with Crippen LogP contribution in [-0.2, 0) is 16.0 Å². The highest BCUT2D eigenvalue weighted by Gasteiger charge is 2.15. The van der Waals surface area contributed by atoms with E-state index >= 15 is 0 Å². The third-order valence-corrected chi connectivity index (χ3v) is 4.97. The van der Waals surface area contributed by atoms with Crippen molar-refractivity contribution < 1.29 is 14.5 Å². The normalized spacial score (nSPS) is 12.9. The van der Waals surface area contributed by atoms with Gasteiger partial charge in [0.1, 0.15) is 0 Å². The summed E-state index contributed by atoms with van der Waals surface area (Å²) in [4.78, 5) is 25.4. The minimum absolute atomic E-state index is 0.0934. The smallest absolute Gasteiger partial charge is 0.279 e. The van der Waals surface area contributed by atoms with Gasteiger partial charge in [0.25, 0.3) is 11.8 Å². The Hall–Kier alpha value is -2.66. The quantitative estimate of drug-likeness (QED) is 0.624. The third kappa shape index (κ3) is 6.50. The maximum atomic E-state index is 12.3. The summed E-state index contributed by atoms with van der Waals surface area (Å²) in [5.41, 5.74) is 4.00. The first-order valence-corrected chi connectivity index (χ1v) is 10.0. The minimum atomic E-state index is -0.101. The van der Waals surface area contributed by atoms with E-state index in [9.17, 15) is 9.59 Å². The van der Waals surface area contributed by atoms with Gasteiger partial charge in [0.15, 0.2) is 13.1 Å². The van der Waals surface area contributed by atoms with Crippen LogP contribution in [0.5, 0.6) is 0 Å². The van der Waals surface area contributed by atoms with Crippen molar-refractivity contribution in [2.24, 2.45) is 0 Å². The maximum absolute atomic E-state index is 12.3. The second-order valence-corrected chi connectivity index (χ2v) is 7.35. The number of nitrogens with one attached hydrogen (secondary N) is 3. The molecule has 0 radical (unpaired) electrons. The van der Waals surface area contributed by atoms with Gasteiger partial charge < -0.3 is 15.5 Å². The highest BCUT2D eigenvalue weighted by atomic mass is 16.2. The zero-order chi connectivity index (χ0) is 20.5. The van der Waals surface area contributed by atoms with Crippen molar-refractivity contribution in [2.45, 2.75) is 39.5 Å². The first-order valence-electron chi connectivity index (χ1n) is 10.0. The van der Waals surface area contributed by atoms with Gasteiger partial charge in [-0.2, -0.15) is 0 Å². The lowest BCUT2D eigenvalue weighted by molar-refractivity contribution is -0.862. The number of amides is 2. The molecular weight excluding hydrogens is 350 g/mol. The van der Waals surface area contributed by atoms with E-state index in [-0.39, 0.29) is 24.9 Å². The summed E-state index contributed by atoms with van der Waals surface area (Å²) in [5, 5.41) is 5.85. The van der Waals surface area contributed by atoms with Crippen LogP contribution in [0.15, 0.2) is 48.5 Å². The fraction of sp³-hybridized carbons (Fsp3) is 0.391. The van der Waals surface area contributed by atoms with E-state index < -0.39 is 0 Å². The second-order valence-electron chi connectivity index (χ2n) is 7.35. The molecule has 2 amide bonds. The summed E-state index contributed by atoms with van der Waals surface area (Å²) in [6.07, 6.45) is 1.95. The summed E-state index contributed by atoms with van der Waals surface area (Å²) >= 11 is 0. The van der Waals surface area contributed by atoms with Crippen molar-refractivity contribution in [1.82, 2.24) is 0 Å². The maximum Gasteiger partial charge on any atom is 0.279 e. The Morgan fingerprint density at radius 1 is 0.929 bits per heavy atom. The SMILES string of the molecule is CCc1ccccc1NC(=O)C[NH+](C)CC(=O)Nc1ccc([C@@H](C)CC)cc1. The zero-order valence-corrected chi connectivity index (χ0v) is 17.3. The number of rotatable bonds is 9. The van der Waals surface area contributed by atoms with Crippen molar-refractivity contribution in [3.8, 4) is 0 Å². The van der Waals surface area contributed by atoms with Gasteiger partial charge in [-0.05, 0) is 48.1 Å². The van der Waals surface area contributed by atoms with Crippen LogP contribution in [0, 0.1) is 0 Å². The molecule has 0 aliphatic rings. The number of likely N-dealkylation sites (N-methyl/N-ethyl adjacent to an activating group) is 1. The molecule has 2 aromatic rings. The minimum Gasteiger partial charge on any atom is -0.322 e. The van der Waals surface area contributed by atoms with Gasteiger partial charge in [0.05, 0.1) is 7.05 Å². The number of carbonyl (C=O) groups is 2. The van der Waals surface area contributed by atoms with Crippen LogP contribution in [0.4, 0.5) is 11.4 Å². The fourth-order valence-electron chi connectivity index (χ4n) is 3.09. The highest BCUT2D eigenvalue weighted by Crippen LogP contribution is 2.20. The Morgan fingerprint density at radius 3 is 2.14 bits per heavy atom. The summed E-state index contributed by atoms with van der Waals surface area (Å²) in [6, 6.07) is 15.8. The molecule has 0 aromatic heterocycles. The van der Waals surface area contributed by atoms with Crippen molar-refractivity contribution >= 4 is 23.2 Å². The predicted octanol–water partition coefficient (Wildman–Crippen LogP) is 2.85. The molecular formula is C23H32N3O2+. The van der Waals surface area contributed by atoms with Gasteiger partial charge in [-0.15, -0.1) is 0 Å². The number of carbonyl (C=O) groups excluding carboxylic acids is 2. The Morgan fingerprint density at radius 2 is 1.54 bits per heavy atom. The van der Waals surface area contributed by atoms with E-state index in [1.807, 2.05) is 43.4 Å². The van der Waals surface area contributed by atoms with Crippen LogP contribution in [0.2, 0.25) is 0 Å². The average molecular weight is 383 g/mol. The van der Waals surface area contributed by atoms with E-state index in [0.29, 0.717) is 5.92 Å². The van der Waals surface area contributed by atoms with Crippen molar-refractivity contribution in [3.63, 3.8) is 0 Å². The lowest BCUT2D eigenvalue weighted by Crippen LogP contribution is -3.11. The Balaban J connectivity index is 1.82. The molecule has 0 heterocycles. The molecule has 0 spiro atoms. The Kier molecular flexibility index (Phi) is 8.20. The third-order valence-electron chi connectivity index (χ3n) is 4.97. The molecule has 5 heteroatoms. The molecule has 5 nitrogen and oxygen atoms in total. The molecule has 1 unspecified atom stereocenters. The molecule has 3 N–H and O–H groups in total. The van der Waals surface area contributed by atoms with Crippen molar-refractivity contribution in [2.75, 3.05) is 30.8 Å². The first kappa shape index (κ1) is 21.6. The number of benzene rings is 2. The van der Waals surface area contributed by atoms with Gasteiger partial charge in [-0.25, -0.2) is 0 Å². The van der Waals surface area contributed by atoms with Crippen LogP contribution in [-0.4, -0.2) is 32.0 Å². The molecule has 150 valence electrons. The number of quaternary nitrogens is 1. The van der Waals surface area contributed by atoms with E-state index in [4.69, 9.17) is 0 Å². The van der Waals surface area contributed by atoms with Gasteiger partial charge in [0.2, 0.25) is 0 Å². The Labute approximate surface area is 168 Å². The molecule has 0 aliphatic carbocycles. The molecule has 2 aromatic carbocycles. The number of hydrogen-bond acceptors (Lipinski definition) is 2. The van der Waals surface area contributed by atoms with Gasteiger partial charge in [-0.1, -0.05) is 51.1 Å². The lowest BCUT2D eigenvalue weighted by atomic mass is 9.99. The summed E-state index contributed by atoms with van der Waals surface area (Å²) in [6.45, 7) is 6.88. The van der Waals surface area contributed by atoms with Crippen LogP contribution < -0.4 is 15.5 Å². The van der Waals surface area contributed by atoms with E-state index in [2.05, 4.69) is 43.5 Å². The number of hydrogen-bond donors (Lipinski definition) is 3. The summed E-state index contributed by atoms with van der Waals surface area (Å²) in [7, 11) is 1.84. The van der Waals surface area contributed by atoms with Gasteiger partial charge >= 0.3 is 0 Å². The van der Waals surface area contributed by atoms with Crippen molar-refractivity contribution in [3.05, 3.63) is 59.7 Å². The standard InChI is InChI=1S/C23H31N3O2/c1-5-17(3)19-11-13-20(14-12-19)24-22(27)15-26(4)16-23(28)25-21-10-8-7-9-18(21)6-2/h7-14,17H,5-6,15-16H2,1-4H3,(H,24,27)(H,25,28)/p+1/t17-/m0/s1. The molecule has 0 aliphatic heterocycles. The predicted molar refractivity (Wildman–Crippen MR) is 115 cm³/mol. The monoisotopic (exact) mass is 382 g/mol. The largest absolute Gasteiger partial charge is 0.322 e. The van der Waals surface area contributed by atoms with E-state index in [1.165, 1.54) is 5.56 Å². The zero-order valence-electron chi connectivity index (χ0n) is 17.3. The summed E-state index contributed by atoms with van der Waals surface area (Å²) < 4.78 is 0. The molecule has 2 rings (SSSR count). The van der Waals surface area contributed by atoms with E-state index in [1.54, 1.807) is 0 Å². The number of aryl methyl sites for hydroxylation is 1. The number of para-hydroxylation sites is 1. The van der Waals surface area contributed by atoms with Crippen LogP contribution in [0.3, 0.4) is 0 Å². The molecule has 2 atom stereocenters. The van der Waals surface area contributed by atoms with Crippen LogP contribution >= 0.6 is 0 Å². The fourth-order valence-corrected chi connectivity index (χ4v) is 3.09. The number of anilines is 2. The molecule has 0 saturated heterocycles. The highest BCUT2D eigenvalue weighted by molar-refractivity contribution is 5.93. The molecule has 0 saturated carbocycles. The second kappa shape index (κ2) is 10.6. The molecule has 28 heavy (non-hydrogen) atoms. The van der Waals surface area contributed by atoms with E-state index in [0.717, 1.165) is 34.7 Å². The first-order chi connectivity index (χ1) is 13.4. The van der Waals surface area contributed by atoms with Crippen molar-refractivity contribution in [1.29, 1.82) is 0 Å². The topological polar surface area (TPSA) is 62.6 Å². The van der Waals surface area contributed by atoms with Gasteiger partial charge in [0, 0.05) is 11.4 Å². The molecule has 0 fully saturated rings. The molecule has 0 bridgehead atoms. The van der Waals surface area contributed by atoms with Gasteiger partial charge in [-0.3, -0.25) is 9.59 Å². The van der Waals surface area contributed by atoms with Crippen LogP contribution in [0.1, 0.15) is 44.2 Å². The lowest BCUT2D eigenvalue weighted by Gasteiger charge is -2.15. The Bertz CT molecular complexity index is 787. The summed E-state index contributed by atoms with van der Waals surface area (Å²) in [5.74, 6) is 0.316. The van der Waals surface area contributed by atoms with Crippen LogP contribution in [0.25, 0.3) is 0 Å².